The zero-order chi connectivity index (χ0) is 10.8. The standard InChI is InChI=1S/C10H13ClN2O2/c1-13(2)12-5-7-3-8(11)10-9(4-7)14-6-15-10/h3-4,12H,5-6H2,1-2H3. The van der Waals surface area contributed by atoms with Gasteiger partial charge < -0.3 is 9.47 Å². The Labute approximate surface area is 93.7 Å². The smallest absolute Gasteiger partial charge is 0.231 e. The fraction of sp³-hybridized carbons (Fsp3) is 0.400. The molecule has 1 aliphatic heterocycles. The molecule has 0 saturated carbocycles. The van der Waals surface area contributed by atoms with Crippen molar-refractivity contribution in [2.45, 2.75) is 6.54 Å². The van der Waals surface area contributed by atoms with Crippen LogP contribution in [0.5, 0.6) is 11.5 Å². The largest absolute Gasteiger partial charge is 0.454 e. The molecule has 0 fully saturated rings. The van der Waals surface area contributed by atoms with Crippen molar-refractivity contribution < 1.29 is 9.47 Å². The summed E-state index contributed by atoms with van der Waals surface area (Å²) in [6.07, 6.45) is 0. The summed E-state index contributed by atoms with van der Waals surface area (Å²) < 4.78 is 10.5. The molecule has 0 unspecified atom stereocenters. The van der Waals surface area contributed by atoms with E-state index < -0.39 is 0 Å². The Balaban J connectivity index is 2.16. The van der Waals surface area contributed by atoms with Gasteiger partial charge >= 0.3 is 0 Å². The van der Waals surface area contributed by atoms with E-state index in [1.54, 1.807) is 0 Å². The first-order chi connectivity index (χ1) is 7.16. The lowest BCUT2D eigenvalue weighted by Gasteiger charge is -2.12. The van der Waals surface area contributed by atoms with Crippen molar-refractivity contribution in [3.8, 4) is 11.5 Å². The third-order valence-corrected chi connectivity index (χ3v) is 2.37. The van der Waals surface area contributed by atoms with E-state index in [9.17, 15) is 0 Å². The van der Waals surface area contributed by atoms with E-state index in [-0.39, 0.29) is 6.79 Å². The molecule has 0 saturated heterocycles. The molecule has 0 atom stereocenters. The number of hydrogen-bond donors (Lipinski definition) is 1. The molecule has 0 amide bonds. The molecular formula is C10H13ClN2O2. The highest BCUT2D eigenvalue weighted by Gasteiger charge is 2.17. The molecule has 5 heteroatoms. The van der Waals surface area contributed by atoms with Crippen LogP contribution >= 0.6 is 11.6 Å². The molecule has 1 aromatic carbocycles. The van der Waals surface area contributed by atoms with Gasteiger partial charge in [0.15, 0.2) is 11.5 Å². The van der Waals surface area contributed by atoms with Crippen molar-refractivity contribution in [3.63, 3.8) is 0 Å². The van der Waals surface area contributed by atoms with Crippen molar-refractivity contribution >= 4 is 11.6 Å². The Kier molecular flexibility index (Phi) is 3.00. The minimum atomic E-state index is 0.250. The van der Waals surface area contributed by atoms with Gasteiger partial charge in [0.05, 0.1) is 5.02 Å². The fourth-order valence-electron chi connectivity index (χ4n) is 1.37. The number of fused-ring (bicyclic) bond motifs is 1. The van der Waals surface area contributed by atoms with Crippen LogP contribution in [0.4, 0.5) is 0 Å². The van der Waals surface area contributed by atoms with Gasteiger partial charge in [0.2, 0.25) is 6.79 Å². The van der Waals surface area contributed by atoms with Crippen LogP contribution in [0.15, 0.2) is 12.1 Å². The third kappa shape index (κ3) is 2.34. The van der Waals surface area contributed by atoms with Crippen LogP contribution in [0.2, 0.25) is 5.02 Å². The lowest BCUT2D eigenvalue weighted by molar-refractivity contribution is 0.174. The second-order valence-corrected chi connectivity index (χ2v) is 3.95. The summed E-state index contributed by atoms with van der Waals surface area (Å²) in [4.78, 5) is 0. The molecule has 0 spiro atoms. The van der Waals surface area contributed by atoms with Crippen LogP contribution < -0.4 is 14.9 Å². The summed E-state index contributed by atoms with van der Waals surface area (Å²) in [6.45, 7) is 0.961. The number of nitrogens with one attached hydrogen (secondary N) is 1. The van der Waals surface area contributed by atoms with Crippen LogP contribution in [0, 0.1) is 0 Å². The maximum Gasteiger partial charge on any atom is 0.231 e. The van der Waals surface area contributed by atoms with Gasteiger partial charge in [0.1, 0.15) is 0 Å². The van der Waals surface area contributed by atoms with Gasteiger partial charge in [-0.25, -0.2) is 0 Å². The monoisotopic (exact) mass is 228 g/mol. The van der Waals surface area contributed by atoms with Gasteiger partial charge in [0.25, 0.3) is 0 Å². The Morgan fingerprint density at radius 3 is 2.93 bits per heavy atom. The molecule has 4 nitrogen and oxygen atoms in total. The maximum atomic E-state index is 6.04. The van der Waals surface area contributed by atoms with Gasteiger partial charge in [-0.05, 0) is 17.7 Å². The molecule has 82 valence electrons. The summed E-state index contributed by atoms with van der Waals surface area (Å²) in [5, 5.41) is 2.49. The molecule has 0 aromatic heterocycles. The quantitative estimate of drug-likeness (QED) is 0.798. The van der Waals surface area contributed by atoms with Gasteiger partial charge in [-0.1, -0.05) is 11.6 Å². The van der Waals surface area contributed by atoms with Gasteiger partial charge in [-0.2, -0.15) is 0 Å². The normalized spacial score (nSPS) is 13.6. The number of benzene rings is 1. The summed E-state index contributed by atoms with van der Waals surface area (Å²) >= 11 is 6.04. The lowest BCUT2D eigenvalue weighted by atomic mass is 10.2. The van der Waals surface area contributed by atoms with Crippen molar-refractivity contribution in [2.75, 3.05) is 20.9 Å². The van der Waals surface area contributed by atoms with Gasteiger partial charge in [-0.3, -0.25) is 10.4 Å². The zero-order valence-electron chi connectivity index (χ0n) is 8.71. The predicted molar refractivity (Wildman–Crippen MR) is 58.1 cm³/mol. The number of ether oxygens (including phenoxy) is 2. The van der Waals surface area contributed by atoms with E-state index in [4.69, 9.17) is 21.1 Å². The molecular weight excluding hydrogens is 216 g/mol. The molecule has 1 heterocycles. The molecule has 1 aromatic rings. The topological polar surface area (TPSA) is 33.7 Å². The van der Waals surface area contributed by atoms with E-state index in [0.29, 0.717) is 17.3 Å². The fourth-order valence-corrected chi connectivity index (χ4v) is 1.66. The Hall–Kier alpha value is -0.970. The third-order valence-electron chi connectivity index (χ3n) is 2.09. The summed E-state index contributed by atoms with van der Waals surface area (Å²) in [5.41, 5.74) is 4.23. The molecule has 0 aliphatic carbocycles. The SMILES string of the molecule is CN(C)NCc1cc(Cl)c2c(c1)OCO2. The number of rotatable bonds is 3. The molecule has 0 radical (unpaired) electrons. The molecule has 0 bridgehead atoms. The first kappa shape index (κ1) is 10.5. The van der Waals surface area contributed by atoms with E-state index in [2.05, 4.69) is 5.43 Å². The van der Waals surface area contributed by atoms with Crippen LogP contribution in [0.25, 0.3) is 0 Å². The van der Waals surface area contributed by atoms with E-state index in [1.807, 2.05) is 31.2 Å². The maximum absolute atomic E-state index is 6.04. The Morgan fingerprint density at radius 2 is 2.20 bits per heavy atom. The minimum absolute atomic E-state index is 0.250. The minimum Gasteiger partial charge on any atom is -0.454 e. The van der Waals surface area contributed by atoms with E-state index in [0.717, 1.165) is 11.3 Å². The first-order valence-electron chi connectivity index (χ1n) is 4.65. The number of hydrogen-bond acceptors (Lipinski definition) is 4. The first-order valence-corrected chi connectivity index (χ1v) is 5.03. The predicted octanol–water partition coefficient (Wildman–Crippen LogP) is 1.63. The summed E-state index contributed by atoms with van der Waals surface area (Å²) in [7, 11) is 3.88. The molecule has 1 aliphatic rings. The summed E-state index contributed by atoms with van der Waals surface area (Å²) in [6, 6.07) is 3.82. The zero-order valence-corrected chi connectivity index (χ0v) is 9.47. The number of nitrogens with zero attached hydrogens (tertiary/aromatic N) is 1. The molecule has 15 heavy (non-hydrogen) atoms. The van der Waals surface area contributed by atoms with E-state index >= 15 is 0 Å². The van der Waals surface area contributed by atoms with Crippen LogP contribution in [-0.2, 0) is 6.54 Å². The van der Waals surface area contributed by atoms with Crippen molar-refractivity contribution in [1.82, 2.24) is 10.4 Å². The number of halogens is 1. The molecule has 2 rings (SSSR count). The van der Waals surface area contributed by atoms with Gasteiger partial charge in [-0.15, -0.1) is 0 Å². The highest BCUT2D eigenvalue weighted by molar-refractivity contribution is 6.32. The number of hydrazine groups is 1. The van der Waals surface area contributed by atoms with Crippen molar-refractivity contribution in [1.29, 1.82) is 0 Å². The highest BCUT2D eigenvalue weighted by atomic mass is 35.5. The second-order valence-electron chi connectivity index (χ2n) is 3.54. The van der Waals surface area contributed by atoms with Crippen LogP contribution in [-0.4, -0.2) is 25.9 Å². The van der Waals surface area contributed by atoms with Crippen LogP contribution in [0.1, 0.15) is 5.56 Å². The summed E-state index contributed by atoms with van der Waals surface area (Å²) in [5.74, 6) is 1.36. The average Bonchev–Trinajstić information content (AvgIpc) is 2.63. The van der Waals surface area contributed by atoms with Gasteiger partial charge in [0, 0.05) is 20.6 Å². The second kappa shape index (κ2) is 4.26. The van der Waals surface area contributed by atoms with Crippen LogP contribution in [0.3, 0.4) is 0 Å². The average molecular weight is 229 g/mol. The Bertz CT molecular complexity index is 369. The lowest BCUT2D eigenvalue weighted by Crippen LogP contribution is -2.29. The van der Waals surface area contributed by atoms with Crippen molar-refractivity contribution in [2.24, 2.45) is 0 Å². The molecule has 1 N–H and O–H groups in total. The Morgan fingerprint density at radius 1 is 1.40 bits per heavy atom. The van der Waals surface area contributed by atoms with Crippen molar-refractivity contribution in [3.05, 3.63) is 22.7 Å². The van der Waals surface area contributed by atoms with E-state index in [1.165, 1.54) is 0 Å². The highest BCUT2D eigenvalue weighted by Crippen LogP contribution is 2.39.